The lowest BCUT2D eigenvalue weighted by atomic mass is 10.2. The highest BCUT2D eigenvalue weighted by atomic mass is 35.5. The molecule has 3 nitrogen and oxygen atoms in total. The molecule has 0 saturated heterocycles. The maximum Gasteiger partial charge on any atom is 0.205 e. The Morgan fingerprint density at radius 3 is 2.77 bits per heavy atom. The zero-order valence-corrected chi connectivity index (χ0v) is 14.7. The third kappa shape index (κ3) is 3.17. The molecule has 0 saturated carbocycles. The lowest BCUT2D eigenvalue weighted by Gasteiger charge is -2.06. The van der Waals surface area contributed by atoms with Gasteiger partial charge in [-0.05, 0) is 29.6 Å². The monoisotopic (exact) mass is 367 g/mol. The summed E-state index contributed by atoms with van der Waals surface area (Å²) in [5, 5.41) is 9.80. The average Bonchev–Trinajstić information content (AvgIpc) is 3.16. The van der Waals surface area contributed by atoms with Gasteiger partial charge in [-0.2, -0.15) is 5.10 Å². The quantitative estimate of drug-likeness (QED) is 0.583. The molecule has 0 radical (unpaired) electrons. The largest absolute Gasteiger partial charge is 0.261 e. The predicted octanol–water partition coefficient (Wildman–Crippen LogP) is 5.00. The maximum atomic E-state index is 6.31. The van der Waals surface area contributed by atoms with E-state index in [1.54, 1.807) is 35.2 Å². The summed E-state index contributed by atoms with van der Waals surface area (Å²) in [5.74, 6) is 0. The van der Waals surface area contributed by atoms with E-state index < -0.39 is 0 Å². The van der Waals surface area contributed by atoms with Crippen LogP contribution in [0.3, 0.4) is 0 Å². The number of hydrogen-bond acceptors (Lipinski definition) is 4. The Kier molecular flexibility index (Phi) is 4.78. The van der Waals surface area contributed by atoms with Gasteiger partial charge in [-0.15, -0.1) is 22.7 Å². The van der Waals surface area contributed by atoms with Crippen LogP contribution in [-0.4, -0.2) is 17.9 Å². The van der Waals surface area contributed by atoms with Crippen molar-refractivity contribution in [3.63, 3.8) is 0 Å². The number of nitrogens with zero attached hydrogens (tertiary/aromatic N) is 3. The Morgan fingerprint density at radius 2 is 2.05 bits per heavy atom. The van der Waals surface area contributed by atoms with Crippen molar-refractivity contribution in [1.29, 1.82) is 0 Å². The standard InChI is InChI=1S/C15H11Cl2N3S2/c1-18-15-20(19-8-11-3-2-6-21-11)14(9-22-15)12-7-10(16)4-5-13(12)17/h2-9H,1H3. The number of rotatable bonds is 3. The lowest BCUT2D eigenvalue weighted by molar-refractivity contribution is 0.849. The fourth-order valence-corrected chi connectivity index (χ4v) is 3.68. The molecule has 0 aliphatic rings. The fourth-order valence-electron chi connectivity index (χ4n) is 1.92. The molecule has 112 valence electrons. The van der Waals surface area contributed by atoms with E-state index in [1.807, 2.05) is 35.2 Å². The van der Waals surface area contributed by atoms with Gasteiger partial charge in [0.15, 0.2) is 0 Å². The first kappa shape index (κ1) is 15.5. The molecule has 3 rings (SSSR count). The fraction of sp³-hybridized carbons (Fsp3) is 0.0667. The van der Waals surface area contributed by atoms with Gasteiger partial charge in [0.2, 0.25) is 4.80 Å². The summed E-state index contributed by atoms with van der Waals surface area (Å²) in [7, 11) is 1.74. The number of benzene rings is 1. The molecule has 22 heavy (non-hydrogen) atoms. The van der Waals surface area contributed by atoms with E-state index in [0.29, 0.717) is 10.0 Å². The number of halogens is 2. The van der Waals surface area contributed by atoms with Gasteiger partial charge in [0.05, 0.1) is 16.9 Å². The third-order valence-corrected chi connectivity index (χ3v) is 5.20. The van der Waals surface area contributed by atoms with Crippen molar-refractivity contribution < 1.29 is 0 Å². The van der Waals surface area contributed by atoms with Crippen molar-refractivity contribution in [3.05, 3.63) is 60.8 Å². The Hall–Kier alpha value is -1.40. The van der Waals surface area contributed by atoms with Crippen LogP contribution in [0.15, 0.2) is 51.2 Å². The molecule has 2 aromatic heterocycles. The van der Waals surface area contributed by atoms with Gasteiger partial charge in [-0.1, -0.05) is 29.3 Å². The van der Waals surface area contributed by atoms with Crippen molar-refractivity contribution in [2.24, 2.45) is 10.1 Å². The van der Waals surface area contributed by atoms with Crippen LogP contribution in [0.1, 0.15) is 4.88 Å². The first-order valence-corrected chi connectivity index (χ1v) is 8.87. The van der Waals surface area contributed by atoms with Crippen LogP contribution in [0.25, 0.3) is 11.3 Å². The van der Waals surface area contributed by atoms with Crippen molar-refractivity contribution in [2.75, 3.05) is 7.05 Å². The zero-order chi connectivity index (χ0) is 15.5. The molecule has 0 N–H and O–H groups in total. The summed E-state index contributed by atoms with van der Waals surface area (Å²) < 4.78 is 1.78. The van der Waals surface area contributed by atoms with E-state index in [4.69, 9.17) is 23.2 Å². The summed E-state index contributed by atoms with van der Waals surface area (Å²) in [5.41, 5.74) is 1.70. The topological polar surface area (TPSA) is 29.6 Å². The van der Waals surface area contributed by atoms with Crippen LogP contribution in [0.2, 0.25) is 10.0 Å². The minimum absolute atomic E-state index is 0.630. The molecule has 0 atom stereocenters. The molecular formula is C15H11Cl2N3S2. The number of aromatic nitrogens is 1. The number of thiophene rings is 1. The molecule has 0 amide bonds. The average molecular weight is 368 g/mol. The minimum Gasteiger partial charge on any atom is -0.261 e. The number of hydrogen-bond donors (Lipinski definition) is 0. The first-order valence-electron chi connectivity index (χ1n) is 6.35. The van der Waals surface area contributed by atoms with Crippen molar-refractivity contribution >= 4 is 52.1 Å². The molecule has 1 aromatic carbocycles. The highest BCUT2D eigenvalue weighted by Gasteiger charge is 2.11. The Balaban J connectivity index is 2.13. The van der Waals surface area contributed by atoms with E-state index in [1.165, 1.54) is 11.3 Å². The van der Waals surface area contributed by atoms with Gasteiger partial charge in [0.1, 0.15) is 0 Å². The van der Waals surface area contributed by atoms with Crippen LogP contribution in [0.4, 0.5) is 0 Å². The molecule has 0 unspecified atom stereocenters. The van der Waals surface area contributed by atoms with Crippen molar-refractivity contribution in [3.8, 4) is 11.3 Å². The van der Waals surface area contributed by atoms with E-state index in [0.717, 1.165) is 20.9 Å². The Labute approximate surface area is 145 Å². The van der Waals surface area contributed by atoms with E-state index in [2.05, 4.69) is 10.1 Å². The summed E-state index contributed by atoms with van der Waals surface area (Å²) in [6, 6.07) is 9.39. The zero-order valence-electron chi connectivity index (χ0n) is 11.5. The SMILES string of the molecule is CN=c1scc(-c2cc(Cl)ccc2Cl)n1N=Cc1cccs1. The molecular weight excluding hydrogens is 357 g/mol. The summed E-state index contributed by atoms with van der Waals surface area (Å²) in [6.07, 6.45) is 1.81. The molecule has 0 bridgehead atoms. The molecule has 2 heterocycles. The Morgan fingerprint density at radius 1 is 1.18 bits per heavy atom. The molecule has 3 aromatic rings. The van der Waals surface area contributed by atoms with E-state index in [-0.39, 0.29) is 0 Å². The second-order valence-corrected chi connectivity index (χ2v) is 6.98. The normalized spacial score (nSPS) is 12.4. The van der Waals surface area contributed by atoms with Crippen LogP contribution >= 0.6 is 45.9 Å². The third-order valence-electron chi connectivity index (χ3n) is 2.92. The van der Waals surface area contributed by atoms with E-state index in [9.17, 15) is 0 Å². The highest BCUT2D eigenvalue weighted by Crippen LogP contribution is 2.30. The molecule has 0 fully saturated rings. The van der Waals surface area contributed by atoms with Gasteiger partial charge in [0, 0.05) is 27.9 Å². The van der Waals surface area contributed by atoms with E-state index >= 15 is 0 Å². The predicted molar refractivity (Wildman–Crippen MR) is 96.6 cm³/mol. The van der Waals surface area contributed by atoms with Gasteiger partial charge in [-0.3, -0.25) is 4.99 Å². The summed E-state index contributed by atoms with van der Waals surface area (Å²) >= 11 is 15.5. The van der Waals surface area contributed by atoms with Gasteiger partial charge >= 0.3 is 0 Å². The summed E-state index contributed by atoms with van der Waals surface area (Å²) in [4.78, 5) is 6.13. The summed E-state index contributed by atoms with van der Waals surface area (Å²) in [6.45, 7) is 0. The smallest absolute Gasteiger partial charge is 0.205 e. The Bertz CT molecular complexity index is 877. The van der Waals surface area contributed by atoms with Crippen LogP contribution in [0.5, 0.6) is 0 Å². The molecule has 0 spiro atoms. The van der Waals surface area contributed by atoms with Crippen LogP contribution in [-0.2, 0) is 0 Å². The van der Waals surface area contributed by atoms with Crippen LogP contribution in [0, 0.1) is 0 Å². The number of thiazole rings is 1. The van der Waals surface area contributed by atoms with Crippen molar-refractivity contribution in [2.45, 2.75) is 0 Å². The first-order chi connectivity index (χ1) is 10.7. The van der Waals surface area contributed by atoms with Crippen LogP contribution < -0.4 is 4.80 Å². The van der Waals surface area contributed by atoms with Gasteiger partial charge < -0.3 is 0 Å². The molecule has 7 heteroatoms. The van der Waals surface area contributed by atoms with Gasteiger partial charge in [-0.25, -0.2) is 4.68 Å². The molecule has 0 aliphatic carbocycles. The highest BCUT2D eigenvalue weighted by molar-refractivity contribution is 7.11. The second kappa shape index (κ2) is 6.79. The van der Waals surface area contributed by atoms with Crippen molar-refractivity contribution in [1.82, 2.24) is 4.68 Å². The maximum absolute atomic E-state index is 6.31. The van der Waals surface area contributed by atoms with Gasteiger partial charge in [0.25, 0.3) is 0 Å². The minimum atomic E-state index is 0.630. The second-order valence-electron chi connectivity index (χ2n) is 4.32. The lowest BCUT2D eigenvalue weighted by Crippen LogP contribution is -2.11. The molecule has 0 aliphatic heterocycles.